The number of aromatic nitrogens is 2. The van der Waals surface area contributed by atoms with Gasteiger partial charge in [-0.1, -0.05) is 12.1 Å². The fraction of sp³-hybridized carbons (Fsp3) is 0.238. The summed E-state index contributed by atoms with van der Waals surface area (Å²) < 4.78 is 6.99. The molecule has 0 saturated heterocycles. The molecule has 1 aliphatic rings. The monoisotopic (exact) mass is 394 g/mol. The molecule has 6 nitrogen and oxygen atoms in total. The van der Waals surface area contributed by atoms with Crippen molar-refractivity contribution >= 4 is 17.7 Å². The normalized spacial score (nSPS) is 15.8. The van der Waals surface area contributed by atoms with E-state index in [4.69, 9.17) is 9.84 Å². The second-order valence-corrected chi connectivity index (χ2v) is 7.42. The van der Waals surface area contributed by atoms with E-state index in [0.29, 0.717) is 18.8 Å². The smallest absolute Gasteiger partial charge is 0.269 e. The number of carbonyl (C=O) groups excluding carboxylic acids is 1. The molecule has 2 aromatic carbocycles. The van der Waals surface area contributed by atoms with Crippen LogP contribution < -0.4 is 15.4 Å². The van der Waals surface area contributed by atoms with Crippen molar-refractivity contribution in [1.29, 1.82) is 0 Å². The lowest BCUT2D eigenvalue weighted by Crippen LogP contribution is -2.45. The minimum atomic E-state index is -0.102. The van der Waals surface area contributed by atoms with Crippen LogP contribution in [-0.4, -0.2) is 35.6 Å². The van der Waals surface area contributed by atoms with E-state index in [0.717, 1.165) is 17.0 Å². The third kappa shape index (κ3) is 3.76. The van der Waals surface area contributed by atoms with Gasteiger partial charge in [0.1, 0.15) is 17.6 Å². The molecule has 1 aromatic heterocycles. The van der Waals surface area contributed by atoms with Crippen molar-refractivity contribution < 1.29 is 9.53 Å². The quantitative estimate of drug-likeness (QED) is 0.628. The van der Waals surface area contributed by atoms with E-state index in [9.17, 15) is 4.79 Å². The molecule has 3 aromatic rings. The SMILES string of the molecule is COc1ccc(-c2cc3n(n2)[C@@H](NCc2ccc(SC)cc2)CNC3=O)cc1. The molecule has 2 heterocycles. The number of nitrogens with zero attached hydrogens (tertiary/aromatic N) is 2. The molecular formula is C21H22N4O2S. The number of fused-ring (bicyclic) bond motifs is 1. The Kier molecular flexibility index (Phi) is 5.36. The number of rotatable bonds is 6. The van der Waals surface area contributed by atoms with Crippen molar-refractivity contribution in [3.63, 3.8) is 0 Å². The van der Waals surface area contributed by atoms with Crippen LogP contribution in [0.4, 0.5) is 0 Å². The highest BCUT2D eigenvalue weighted by atomic mass is 32.2. The number of amides is 1. The average Bonchev–Trinajstić information content (AvgIpc) is 3.20. The number of carbonyl (C=O) groups is 1. The Morgan fingerprint density at radius 1 is 1.21 bits per heavy atom. The standard InChI is InChI=1S/C21H22N4O2S/c1-27-16-7-5-15(6-8-16)18-11-19-21(26)23-13-20(25(19)24-18)22-12-14-3-9-17(28-2)10-4-14/h3-11,20,22H,12-13H2,1-2H3,(H,23,26)/t20-/m1/s1. The van der Waals surface area contributed by atoms with Crippen LogP contribution >= 0.6 is 11.8 Å². The van der Waals surface area contributed by atoms with Crippen molar-refractivity contribution in [2.24, 2.45) is 0 Å². The van der Waals surface area contributed by atoms with Gasteiger partial charge in [-0.05, 0) is 54.3 Å². The topological polar surface area (TPSA) is 68.2 Å². The van der Waals surface area contributed by atoms with Crippen molar-refractivity contribution in [1.82, 2.24) is 20.4 Å². The molecule has 7 heteroatoms. The second kappa shape index (κ2) is 8.08. The maximum Gasteiger partial charge on any atom is 0.269 e. The summed E-state index contributed by atoms with van der Waals surface area (Å²) >= 11 is 1.73. The molecule has 0 fully saturated rings. The molecule has 0 radical (unpaired) electrons. The Morgan fingerprint density at radius 3 is 2.64 bits per heavy atom. The predicted molar refractivity (Wildman–Crippen MR) is 111 cm³/mol. The summed E-state index contributed by atoms with van der Waals surface area (Å²) in [6.07, 6.45) is 1.97. The van der Waals surface area contributed by atoms with Gasteiger partial charge in [-0.15, -0.1) is 11.8 Å². The maximum atomic E-state index is 12.3. The summed E-state index contributed by atoms with van der Waals surface area (Å²) in [6.45, 7) is 1.20. The lowest BCUT2D eigenvalue weighted by Gasteiger charge is -2.25. The zero-order valence-electron chi connectivity index (χ0n) is 15.8. The van der Waals surface area contributed by atoms with E-state index in [1.165, 1.54) is 10.5 Å². The molecule has 1 atom stereocenters. The van der Waals surface area contributed by atoms with Gasteiger partial charge in [-0.2, -0.15) is 5.10 Å². The number of nitrogens with one attached hydrogen (secondary N) is 2. The fourth-order valence-corrected chi connectivity index (χ4v) is 3.62. The van der Waals surface area contributed by atoms with Gasteiger partial charge in [0.25, 0.3) is 5.91 Å². The summed E-state index contributed by atoms with van der Waals surface area (Å²) in [7, 11) is 1.64. The molecule has 144 valence electrons. The van der Waals surface area contributed by atoms with Gasteiger partial charge in [0, 0.05) is 17.0 Å². The Labute approximate surface area is 168 Å². The van der Waals surface area contributed by atoms with Crippen LogP contribution in [0, 0.1) is 0 Å². The second-order valence-electron chi connectivity index (χ2n) is 6.54. The van der Waals surface area contributed by atoms with Crippen LogP contribution in [-0.2, 0) is 6.54 Å². The summed E-state index contributed by atoms with van der Waals surface area (Å²) in [5, 5.41) is 11.1. The molecule has 28 heavy (non-hydrogen) atoms. The number of hydrogen-bond donors (Lipinski definition) is 2. The molecule has 0 spiro atoms. The summed E-state index contributed by atoms with van der Waals surface area (Å²) in [5.41, 5.74) is 3.47. The summed E-state index contributed by atoms with van der Waals surface area (Å²) in [5.74, 6) is 0.687. The first kappa shape index (κ1) is 18.6. The molecule has 4 rings (SSSR count). The third-order valence-electron chi connectivity index (χ3n) is 4.81. The first-order chi connectivity index (χ1) is 13.7. The zero-order valence-corrected chi connectivity index (χ0v) is 16.6. The zero-order chi connectivity index (χ0) is 19.5. The molecule has 2 N–H and O–H groups in total. The number of methoxy groups -OCH3 is 1. The summed E-state index contributed by atoms with van der Waals surface area (Å²) in [4.78, 5) is 13.5. The minimum Gasteiger partial charge on any atom is -0.497 e. The summed E-state index contributed by atoms with van der Waals surface area (Å²) in [6, 6.07) is 18.0. The molecular weight excluding hydrogens is 372 g/mol. The number of hydrogen-bond acceptors (Lipinski definition) is 5. The van der Waals surface area contributed by atoms with Crippen molar-refractivity contribution in [3.05, 3.63) is 65.9 Å². The van der Waals surface area contributed by atoms with Gasteiger partial charge in [-0.3, -0.25) is 10.1 Å². The maximum absolute atomic E-state index is 12.3. The van der Waals surface area contributed by atoms with Crippen LogP contribution in [0.15, 0.2) is 59.5 Å². The van der Waals surface area contributed by atoms with Gasteiger partial charge in [0.05, 0.1) is 19.3 Å². The third-order valence-corrected chi connectivity index (χ3v) is 5.55. The highest BCUT2D eigenvalue weighted by Crippen LogP contribution is 2.25. The van der Waals surface area contributed by atoms with E-state index < -0.39 is 0 Å². The van der Waals surface area contributed by atoms with Gasteiger partial charge in [0.2, 0.25) is 0 Å². The van der Waals surface area contributed by atoms with Gasteiger partial charge in [-0.25, -0.2) is 4.68 Å². The van der Waals surface area contributed by atoms with E-state index in [1.807, 2.05) is 30.3 Å². The Balaban J connectivity index is 1.54. The molecule has 0 unspecified atom stereocenters. The number of ether oxygens (including phenoxy) is 1. The highest BCUT2D eigenvalue weighted by Gasteiger charge is 2.27. The number of thioether (sulfide) groups is 1. The van der Waals surface area contributed by atoms with E-state index in [2.05, 4.69) is 41.2 Å². The highest BCUT2D eigenvalue weighted by molar-refractivity contribution is 7.98. The molecule has 1 amide bonds. The van der Waals surface area contributed by atoms with E-state index in [-0.39, 0.29) is 12.1 Å². The van der Waals surface area contributed by atoms with E-state index in [1.54, 1.807) is 23.6 Å². The first-order valence-corrected chi connectivity index (χ1v) is 10.3. The minimum absolute atomic E-state index is 0.0973. The van der Waals surface area contributed by atoms with Crippen molar-refractivity contribution in [2.75, 3.05) is 19.9 Å². The molecule has 0 saturated carbocycles. The fourth-order valence-electron chi connectivity index (χ4n) is 3.21. The predicted octanol–water partition coefficient (Wildman–Crippen LogP) is 3.31. The van der Waals surface area contributed by atoms with Crippen LogP contribution in [0.3, 0.4) is 0 Å². The lowest BCUT2D eigenvalue weighted by atomic mass is 10.1. The Bertz CT molecular complexity index is 967. The average molecular weight is 395 g/mol. The van der Waals surface area contributed by atoms with Crippen LogP contribution in [0.5, 0.6) is 5.75 Å². The number of benzene rings is 2. The molecule has 0 bridgehead atoms. The Morgan fingerprint density at radius 2 is 1.96 bits per heavy atom. The first-order valence-electron chi connectivity index (χ1n) is 9.06. The van der Waals surface area contributed by atoms with Crippen molar-refractivity contribution in [3.8, 4) is 17.0 Å². The van der Waals surface area contributed by atoms with Crippen LogP contribution in [0.25, 0.3) is 11.3 Å². The van der Waals surface area contributed by atoms with Crippen molar-refractivity contribution in [2.45, 2.75) is 17.6 Å². The molecule has 0 aliphatic carbocycles. The van der Waals surface area contributed by atoms with Crippen LogP contribution in [0.1, 0.15) is 22.2 Å². The van der Waals surface area contributed by atoms with Gasteiger partial charge < -0.3 is 10.1 Å². The van der Waals surface area contributed by atoms with Crippen LogP contribution in [0.2, 0.25) is 0 Å². The Hall–Kier alpha value is -2.77. The largest absolute Gasteiger partial charge is 0.497 e. The van der Waals surface area contributed by atoms with Gasteiger partial charge in [0.15, 0.2) is 0 Å². The molecule has 1 aliphatic heterocycles. The lowest BCUT2D eigenvalue weighted by molar-refractivity contribution is 0.0900. The van der Waals surface area contributed by atoms with Gasteiger partial charge >= 0.3 is 0 Å². The van der Waals surface area contributed by atoms with E-state index >= 15 is 0 Å².